The Labute approximate surface area is 227 Å². The predicted octanol–water partition coefficient (Wildman–Crippen LogP) is 4.90. The van der Waals surface area contributed by atoms with Crippen LogP contribution in [0.3, 0.4) is 0 Å². The molecule has 0 aliphatic carbocycles. The van der Waals surface area contributed by atoms with E-state index in [1.165, 1.54) is 5.56 Å². The quantitative estimate of drug-likeness (QED) is 0.540. The number of fused-ring (bicyclic) bond motifs is 1. The monoisotopic (exact) mass is 522 g/mol. The lowest BCUT2D eigenvalue weighted by atomic mass is 9.73. The molecule has 0 aromatic heterocycles. The fraction of sp³-hybridized carbons (Fsp3) is 0.548. The van der Waals surface area contributed by atoms with E-state index >= 15 is 0 Å². The maximum absolute atomic E-state index is 13.9. The van der Waals surface area contributed by atoms with Crippen LogP contribution in [0.1, 0.15) is 56.6 Å². The van der Waals surface area contributed by atoms with Gasteiger partial charge in [-0.1, -0.05) is 30.7 Å². The molecule has 0 unspecified atom stereocenters. The van der Waals surface area contributed by atoms with Gasteiger partial charge in [0.15, 0.2) is 11.5 Å². The number of piperidine rings is 1. The van der Waals surface area contributed by atoms with Crippen molar-refractivity contribution in [1.29, 1.82) is 0 Å². The van der Waals surface area contributed by atoms with Crippen molar-refractivity contribution in [3.63, 3.8) is 0 Å². The molecule has 0 bridgehead atoms. The van der Waals surface area contributed by atoms with E-state index in [4.69, 9.17) is 14.2 Å². The molecular weight excluding hydrogens is 480 g/mol. The van der Waals surface area contributed by atoms with Gasteiger partial charge in [-0.3, -0.25) is 9.59 Å². The molecule has 2 aromatic rings. The minimum absolute atomic E-state index is 0.146. The van der Waals surface area contributed by atoms with Gasteiger partial charge in [0.1, 0.15) is 12.4 Å². The van der Waals surface area contributed by atoms with Crippen LogP contribution in [-0.2, 0) is 22.4 Å². The number of ether oxygens (including phenoxy) is 3. The van der Waals surface area contributed by atoms with Crippen molar-refractivity contribution in [3.05, 3.63) is 53.6 Å². The van der Waals surface area contributed by atoms with Crippen LogP contribution in [0, 0.1) is 5.41 Å². The number of likely N-dealkylation sites (N-methyl/N-ethyl adjacent to an activating group) is 1. The number of para-hydroxylation sites is 1. The first-order chi connectivity index (χ1) is 18.5. The van der Waals surface area contributed by atoms with Crippen molar-refractivity contribution >= 4 is 11.8 Å². The zero-order valence-electron chi connectivity index (χ0n) is 23.2. The molecule has 0 N–H and O–H groups in total. The first-order valence-electron chi connectivity index (χ1n) is 14.0. The van der Waals surface area contributed by atoms with Crippen LogP contribution in [0.15, 0.2) is 42.5 Å². The van der Waals surface area contributed by atoms with Crippen molar-refractivity contribution in [2.75, 3.05) is 47.0 Å². The molecule has 1 saturated heterocycles. The topological polar surface area (TPSA) is 68.3 Å². The number of hydrogen-bond donors (Lipinski definition) is 0. The van der Waals surface area contributed by atoms with E-state index in [0.717, 1.165) is 49.8 Å². The van der Waals surface area contributed by atoms with E-state index in [0.29, 0.717) is 57.1 Å². The molecule has 0 radical (unpaired) electrons. The molecular formula is C31H42N2O5. The molecule has 2 amide bonds. The van der Waals surface area contributed by atoms with Gasteiger partial charge in [0.2, 0.25) is 11.8 Å². The molecule has 38 heavy (non-hydrogen) atoms. The number of carbonyl (C=O) groups is 2. The van der Waals surface area contributed by atoms with Crippen LogP contribution >= 0.6 is 0 Å². The summed E-state index contributed by atoms with van der Waals surface area (Å²) in [6, 6.07) is 14.0. The highest BCUT2D eigenvalue weighted by molar-refractivity contribution is 5.83. The van der Waals surface area contributed by atoms with Crippen molar-refractivity contribution in [2.24, 2.45) is 5.41 Å². The van der Waals surface area contributed by atoms with Gasteiger partial charge < -0.3 is 24.0 Å². The number of carbonyl (C=O) groups excluding carboxylic acids is 2. The third-order valence-electron chi connectivity index (χ3n) is 8.21. The number of hydrogen-bond acceptors (Lipinski definition) is 5. The van der Waals surface area contributed by atoms with E-state index in [1.807, 2.05) is 47.1 Å². The first-order valence-corrected chi connectivity index (χ1v) is 14.0. The highest BCUT2D eigenvalue weighted by Crippen LogP contribution is 2.39. The minimum atomic E-state index is -0.394. The molecule has 2 aromatic carbocycles. The highest BCUT2D eigenvalue weighted by Gasteiger charge is 2.43. The smallest absolute Gasteiger partial charge is 0.229 e. The van der Waals surface area contributed by atoms with E-state index < -0.39 is 5.41 Å². The lowest BCUT2D eigenvalue weighted by Gasteiger charge is -2.43. The summed E-state index contributed by atoms with van der Waals surface area (Å²) in [6.45, 7) is 5.05. The second-order valence-corrected chi connectivity index (χ2v) is 10.4. The lowest BCUT2D eigenvalue weighted by Crippen LogP contribution is -2.52. The Morgan fingerprint density at radius 2 is 1.74 bits per heavy atom. The molecule has 0 atom stereocenters. The summed E-state index contributed by atoms with van der Waals surface area (Å²) < 4.78 is 16.8. The van der Waals surface area contributed by atoms with Gasteiger partial charge in [-0.25, -0.2) is 0 Å². The number of nitrogens with zero attached hydrogens (tertiary/aromatic N) is 2. The molecule has 7 nitrogen and oxygen atoms in total. The maximum Gasteiger partial charge on any atom is 0.229 e. The zero-order valence-corrected chi connectivity index (χ0v) is 23.2. The SMILES string of the molecule is CCN1CCOc2ccccc2CCCCC2(CCN(C(=O)CCc3ccc(OC)c(OC)c3)CC2)C1=O. The number of rotatable bonds is 6. The third kappa shape index (κ3) is 6.43. The summed E-state index contributed by atoms with van der Waals surface area (Å²) in [7, 11) is 3.23. The predicted molar refractivity (Wildman–Crippen MR) is 148 cm³/mol. The van der Waals surface area contributed by atoms with Crippen molar-refractivity contribution in [1.82, 2.24) is 9.80 Å². The third-order valence-corrected chi connectivity index (χ3v) is 8.21. The van der Waals surface area contributed by atoms with Crippen LogP contribution in [0.4, 0.5) is 0 Å². The molecule has 2 heterocycles. The van der Waals surface area contributed by atoms with Crippen molar-refractivity contribution in [3.8, 4) is 17.2 Å². The summed E-state index contributed by atoms with van der Waals surface area (Å²) >= 11 is 0. The Morgan fingerprint density at radius 1 is 0.974 bits per heavy atom. The van der Waals surface area contributed by atoms with E-state index in [-0.39, 0.29) is 11.8 Å². The Hall–Kier alpha value is -3.22. The zero-order chi connectivity index (χ0) is 27.0. The summed E-state index contributed by atoms with van der Waals surface area (Å²) in [5, 5.41) is 0. The number of aryl methyl sites for hydroxylation is 2. The van der Waals surface area contributed by atoms with E-state index in [1.54, 1.807) is 14.2 Å². The van der Waals surface area contributed by atoms with Gasteiger partial charge >= 0.3 is 0 Å². The minimum Gasteiger partial charge on any atom is -0.493 e. The van der Waals surface area contributed by atoms with Gasteiger partial charge in [0.05, 0.1) is 26.2 Å². The average molecular weight is 523 g/mol. The van der Waals surface area contributed by atoms with Gasteiger partial charge in [0, 0.05) is 26.1 Å². The lowest BCUT2D eigenvalue weighted by molar-refractivity contribution is -0.149. The molecule has 2 aliphatic rings. The number of amides is 2. The average Bonchev–Trinajstić information content (AvgIpc) is 2.96. The largest absolute Gasteiger partial charge is 0.493 e. The first kappa shape index (κ1) is 27.8. The number of benzene rings is 2. The summed E-state index contributed by atoms with van der Waals surface area (Å²) in [5.74, 6) is 2.67. The maximum atomic E-state index is 13.9. The van der Waals surface area contributed by atoms with Gasteiger partial charge in [-0.05, 0) is 74.8 Å². The second kappa shape index (κ2) is 13.0. The van der Waals surface area contributed by atoms with Crippen molar-refractivity contribution < 1.29 is 23.8 Å². The van der Waals surface area contributed by atoms with Crippen molar-refractivity contribution in [2.45, 2.75) is 58.3 Å². The second-order valence-electron chi connectivity index (χ2n) is 10.4. The summed E-state index contributed by atoms with van der Waals surface area (Å²) in [5.41, 5.74) is 1.89. The van der Waals surface area contributed by atoms with E-state index in [9.17, 15) is 9.59 Å². The normalized spacial score (nSPS) is 18.1. The fourth-order valence-corrected chi connectivity index (χ4v) is 5.83. The molecule has 2 aliphatic heterocycles. The Balaban J connectivity index is 1.38. The molecule has 206 valence electrons. The van der Waals surface area contributed by atoms with Crippen LogP contribution < -0.4 is 14.2 Å². The Bertz CT molecular complexity index is 1090. The molecule has 1 fully saturated rings. The van der Waals surface area contributed by atoms with Crippen LogP contribution in [0.5, 0.6) is 17.2 Å². The highest BCUT2D eigenvalue weighted by atomic mass is 16.5. The molecule has 4 rings (SSSR count). The van der Waals surface area contributed by atoms with Gasteiger partial charge in [0.25, 0.3) is 0 Å². The van der Waals surface area contributed by atoms with Crippen LogP contribution in [0.2, 0.25) is 0 Å². The Kier molecular flexibility index (Phi) is 9.53. The Morgan fingerprint density at radius 3 is 2.47 bits per heavy atom. The molecule has 7 heteroatoms. The fourth-order valence-electron chi connectivity index (χ4n) is 5.83. The summed E-state index contributed by atoms with van der Waals surface area (Å²) in [6.07, 6.45) is 6.38. The van der Waals surface area contributed by atoms with Crippen LogP contribution in [-0.4, -0.2) is 68.6 Å². The number of methoxy groups -OCH3 is 2. The van der Waals surface area contributed by atoms with E-state index in [2.05, 4.69) is 12.1 Å². The standard InChI is InChI=1S/C31H42N2O5/c1-4-32-21-22-38-26-11-6-5-9-25(26)10-7-8-16-31(30(32)35)17-19-33(20-18-31)29(34)15-13-24-12-14-27(36-2)28(23-24)37-3/h5-6,9,11-12,14,23H,4,7-8,10,13,15-22H2,1-3H3. The molecule has 0 saturated carbocycles. The van der Waals surface area contributed by atoms with Gasteiger partial charge in [-0.15, -0.1) is 0 Å². The van der Waals surface area contributed by atoms with Gasteiger partial charge in [-0.2, -0.15) is 0 Å². The number of likely N-dealkylation sites (tertiary alicyclic amines) is 1. The van der Waals surface area contributed by atoms with Crippen LogP contribution in [0.25, 0.3) is 0 Å². The summed E-state index contributed by atoms with van der Waals surface area (Å²) in [4.78, 5) is 30.9. The molecule has 1 spiro atoms.